The topological polar surface area (TPSA) is 86.8 Å². The van der Waals surface area contributed by atoms with Gasteiger partial charge in [-0.2, -0.15) is 4.31 Å². The van der Waals surface area contributed by atoms with Gasteiger partial charge in [0.05, 0.1) is 4.90 Å². The number of nitrogens with one attached hydrogen (secondary N) is 1. The summed E-state index contributed by atoms with van der Waals surface area (Å²) in [5, 5.41) is 2.88. The van der Waals surface area contributed by atoms with E-state index in [0.29, 0.717) is 0 Å². The van der Waals surface area contributed by atoms with Crippen molar-refractivity contribution in [3.05, 3.63) is 65.2 Å². The molecule has 3 rings (SSSR count). The predicted molar refractivity (Wildman–Crippen MR) is 137 cm³/mol. The second kappa shape index (κ2) is 10.5. The minimum absolute atomic E-state index is 0.0213. The summed E-state index contributed by atoms with van der Waals surface area (Å²) in [6, 6.07) is 13.8. The zero-order chi connectivity index (χ0) is 26.0. The monoisotopic (exact) mass is 499 g/mol. The summed E-state index contributed by atoms with van der Waals surface area (Å²) in [4.78, 5) is 26.9. The number of rotatable bonds is 6. The van der Waals surface area contributed by atoms with E-state index in [-0.39, 0.29) is 48.3 Å². The Kier molecular flexibility index (Phi) is 8.07. The maximum absolute atomic E-state index is 13.5. The number of amides is 2. The molecule has 0 spiro atoms. The summed E-state index contributed by atoms with van der Waals surface area (Å²) in [6.07, 6.45) is 0. The maximum Gasteiger partial charge on any atom is 0.243 e. The first-order valence-electron chi connectivity index (χ1n) is 12.0. The molecule has 1 atom stereocenters. The molecule has 1 heterocycles. The molecule has 0 radical (unpaired) electrons. The van der Waals surface area contributed by atoms with Crippen molar-refractivity contribution in [2.45, 2.75) is 70.4 Å². The van der Waals surface area contributed by atoms with Crippen LogP contribution in [0.2, 0.25) is 0 Å². The van der Waals surface area contributed by atoms with Crippen LogP contribution in [0.3, 0.4) is 0 Å². The van der Waals surface area contributed by atoms with Crippen LogP contribution >= 0.6 is 0 Å². The Balaban J connectivity index is 1.80. The van der Waals surface area contributed by atoms with Crippen molar-refractivity contribution in [1.29, 1.82) is 0 Å². The quantitative estimate of drug-likeness (QED) is 0.657. The average molecular weight is 500 g/mol. The van der Waals surface area contributed by atoms with Crippen LogP contribution in [0.4, 0.5) is 0 Å². The van der Waals surface area contributed by atoms with Gasteiger partial charge in [0.2, 0.25) is 21.8 Å². The molecule has 1 aliphatic heterocycles. The fourth-order valence-electron chi connectivity index (χ4n) is 4.14. The molecule has 2 aromatic rings. The van der Waals surface area contributed by atoms with Crippen LogP contribution in [0.5, 0.6) is 0 Å². The van der Waals surface area contributed by atoms with E-state index in [0.717, 1.165) is 11.1 Å². The Labute approximate surface area is 209 Å². The molecule has 1 aliphatic rings. The molecule has 0 bridgehead atoms. The van der Waals surface area contributed by atoms with Crippen molar-refractivity contribution < 1.29 is 18.0 Å². The van der Waals surface area contributed by atoms with Gasteiger partial charge in [0.1, 0.15) is 6.04 Å². The highest BCUT2D eigenvalue weighted by Gasteiger charge is 2.40. The summed E-state index contributed by atoms with van der Waals surface area (Å²) in [7, 11) is -3.92. The Morgan fingerprint density at radius 2 is 1.60 bits per heavy atom. The highest BCUT2D eigenvalue weighted by molar-refractivity contribution is 7.89. The molecule has 1 N–H and O–H groups in total. The van der Waals surface area contributed by atoms with Crippen molar-refractivity contribution in [3.63, 3.8) is 0 Å². The van der Waals surface area contributed by atoms with Crippen LogP contribution in [0.15, 0.2) is 53.4 Å². The van der Waals surface area contributed by atoms with Crippen LogP contribution in [0.1, 0.15) is 64.2 Å². The number of nitrogens with zero attached hydrogens (tertiary/aromatic N) is 2. The molecule has 1 fully saturated rings. The van der Waals surface area contributed by atoms with E-state index in [4.69, 9.17) is 0 Å². The molecule has 7 nitrogen and oxygen atoms in total. The van der Waals surface area contributed by atoms with Gasteiger partial charge in [0, 0.05) is 33.1 Å². The third-order valence-corrected chi connectivity index (χ3v) is 8.44. The number of hydrogen-bond acceptors (Lipinski definition) is 4. The first kappa shape index (κ1) is 26.9. The molecule has 0 aromatic heterocycles. The smallest absolute Gasteiger partial charge is 0.243 e. The van der Waals surface area contributed by atoms with Crippen molar-refractivity contribution in [2.75, 3.05) is 19.6 Å². The summed E-state index contributed by atoms with van der Waals surface area (Å²) >= 11 is 0. The lowest BCUT2D eigenvalue weighted by Gasteiger charge is -2.39. The number of piperazine rings is 1. The van der Waals surface area contributed by atoms with Gasteiger partial charge in [-0.1, -0.05) is 71.0 Å². The number of carbonyl (C=O) groups is 2. The summed E-state index contributed by atoms with van der Waals surface area (Å²) < 4.78 is 28.2. The van der Waals surface area contributed by atoms with E-state index in [1.165, 1.54) is 21.7 Å². The third kappa shape index (κ3) is 6.30. The lowest BCUT2D eigenvalue weighted by molar-refractivity contribution is -0.134. The fraction of sp³-hybridized carbons (Fsp3) is 0.481. The zero-order valence-corrected chi connectivity index (χ0v) is 22.4. The Hall–Kier alpha value is -2.71. The molecule has 8 heteroatoms. The lowest BCUT2D eigenvalue weighted by atomic mass is 9.87. The number of benzene rings is 2. The second-order valence-corrected chi connectivity index (χ2v) is 12.4. The van der Waals surface area contributed by atoms with Gasteiger partial charge in [-0.3, -0.25) is 9.59 Å². The van der Waals surface area contributed by atoms with Crippen LogP contribution in [0.25, 0.3) is 0 Å². The molecule has 0 aliphatic carbocycles. The van der Waals surface area contributed by atoms with Crippen LogP contribution in [-0.2, 0) is 31.6 Å². The van der Waals surface area contributed by atoms with E-state index in [1.807, 2.05) is 38.1 Å². The van der Waals surface area contributed by atoms with Gasteiger partial charge >= 0.3 is 0 Å². The number of hydrogen-bond donors (Lipinski definition) is 1. The zero-order valence-electron chi connectivity index (χ0n) is 21.5. The van der Waals surface area contributed by atoms with Crippen LogP contribution in [0, 0.1) is 0 Å². The molecule has 1 saturated heterocycles. The van der Waals surface area contributed by atoms with Crippen LogP contribution < -0.4 is 5.32 Å². The molecule has 0 saturated carbocycles. The number of sulfonamides is 1. The fourth-order valence-corrected chi connectivity index (χ4v) is 5.71. The van der Waals surface area contributed by atoms with E-state index in [1.54, 1.807) is 24.3 Å². The maximum atomic E-state index is 13.5. The summed E-state index contributed by atoms with van der Waals surface area (Å²) in [5.74, 6) is -0.320. The minimum Gasteiger partial charge on any atom is -0.351 e. The van der Waals surface area contributed by atoms with Gasteiger partial charge in [-0.15, -0.1) is 0 Å². The van der Waals surface area contributed by atoms with Gasteiger partial charge in [0.15, 0.2) is 0 Å². The van der Waals surface area contributed by atoms with Crippen molar-refractivity contribution >= 4 is 21.8 Å². The Morgan fingerprint density at radius 1 is 1.00 bits per heavy atom. The molecule has 2 amide bonds. The van der Waals surface area contributed by atoms with Gasteiger partial charge in [0.25, 0.3) is 0 Å². The van der Waals surface area contributed by atoms with E-state index in [9.17, 15) is 18.0 Å². The first-order valence-corrected chi connectivity index (χ1v) is 13.5. The molecule has 2 aromatic carbocycles. The Bertz CT molecular complexity index is 1150. The van der Waals surface area contributed by atoms with Gasteiger partial charge in [-0.25, -0.2) is 8.42 Å². The SMILES string of the molecule is CC(=O)N1CCN(S(=O)(=O)c2ccc(C(C)C)cc2)C(C(=O)NCc2ccc(C(C)(C)C)cc2)C1. The van der Waals surface area contributed by atoms with E-state index < -0.39 is 22.0 Å². The molecular weight excluding hydrogens is 462 g/mol. The second-order valence-electron chi connectivity index (χ2n) is 10.5. The normalized spacial score (nSPS) is 17.5. The highest BCUT2D eigenvalue weighted by atomic mass is 32.2. The summed E-state index contributed by atoms with van der Waals surface area (Å²) in [5.41, 5.74) is 3.18. The predicted octanol–water partition coefficient (Wildman–Crippen LogP) is 3.65. The van der Waals surface area contributed by atoms with Crippen molar-refractivity contribution in [2.24, 2.45) is 0 Å². The van der Waals surface area contributed by atoms with Crippen LogP contribution in [-0.4, -0.2) is 55.1 Å². The molecule has 1 unspecified atom stereocenters. The van der Waals surface area contributed by atoms with Gasteiger partial charge < -0.3 is 10.2 Å². The Morgan fingerprint density at radius 3 is 2.11 bits per heavy atom. The van der Waals surface area contributed by atoms with E-state index in [2.05, 4.69) is 26.1 Å². The largest absolute Gasteiger partial charge is 0.351 e. The van der Waals surface area contributed by atoms with Crippen molar-refractivity contribution in [3.8, 4) is 0 Å². The summed E-state index contributed by atoms with van der Waals surface area (Å²) in [6.45, 7) is 12.5. The van der Waals surface area contributed by atoms with E-state index >= 15 is 0 Å². The molecule has 190 valence electrons. The average Bonchev–Trinajstić information content (AvgIpc) is 2.81. The minimum atomic E-state index is -3.92. The molecular formula is C27H37N3O4S. The number of carbonyl (C=O) groups excluding carboxylic acids is 2. The lowest BCUT2D eigenvalue weighted by Crippen LogP contribution is -2.61. The molecule has 35 heavy (non-hydrogen) atoms. The standard InChI is InChI=1S/C27H37N3O4S/c1-19(2)22-9-13-24(14-10-22)35(33,34)30-16-15-29(20(3)31)18-25(30)26(32)28-17-21-7-11-23(12-8-21)27(4,5)6/h7-14,19,25H,15-18H2,1-6H3,(H,28,32). The first-order chi connectivity index (χ1) is 16.3. The van der Waals surface area contributed by atoms with Crippen molar-refractivity contribution in [1.82, 2.24) is 14.5 Å². The van der Waals surface area contributed by atoms with Gasteiger partial charge in [-0.05, 0) is 40.2 Å². The highest BCUT2D eigenvalue weighted by Crippen LogP contribution is 2.25. The third-order valence-electron chi connectivity index (χ3n) is 6.52.